The first-order valence-corrected chi connectivity index (χ1v) is 11.0. The highest BCUT2D eigenvalue weighted by Gasteiger charge is 2.48. The molecule has 9 heteroatoms. The normalized spacial score (nSPS) is 17.6. The van der Waals surface area contributed by atoms with Crippen molar-refractivity contribution >= 4 is 46.5 Å². The second kappa shape index (κ2) is 9.29. The maximum Gasteiger partial charge on any atom is 0.301 e. The number of ketones is 1. The van der Waals surface area contributed by atoms with Crippen molar-refractivity contribution in [2.24, 2.45) is 0 Å². The molecule has 1 unspecified atom stereocenters. The number of aliphatic hydroxyl groups is 1. The molecule has 33 heavy (non-hydrogen) atoms. The number of nitrogens with zero attached hydrogens (tertiary/aromatic N) is 2. The molecule has 0 spiro atoms. The van der Waals surface area contributed by atoms with Crippen molar-refractivity contribution in [1.82, 2.24) is 5.16 Å². The first-order chi connectivity index (χ1) is 15.8. The first kappa shape index (κ1) is 22.9. The number of rotatable bonds is 6. The third kappa shape index (κ3) is 4.34. The van der Waals surface area contributed by atoms with Crippen LogP contribution in [0.25, 0.3) is 5.76 Å². The monoisotopic (exact) mass is 486 g/mol. The van der Waals surface area contributed by atoms with Gasteiger partial charge >= 0.3 is 5.91 Å². The number of Topliss-reactive ketones (excluding diaryl/α,β-unsaturated/α-hetero) is 1. The Hall–Kier alpha value is -3.29. The number of aliphatic hydroxyl groups excluding tert-OH is 1. The standard InChI is InChI=1S/C24H20Cl2N2O5/c1-3-10-32-16-7-4-14(5-8-16)22(29)20-21(15-6-9-17(25)18(26)12-15)28(24(31)23(20)30)19-11-13(2)33-27-19/h4-9,11-12,21,29H,3,10H2,1-2H3/b22-20+. The van der Waals surface area contributed by atoms with E-state index in [4.69, 9.17) is 32.5 Å². The zero-order valence-corrected chi connectivity index (χ0v) is 19.4. The second-order valence-electron chi connectivity index (χ2n) is 7.51. The van der Waals surface area contributed by atoms with Crippen LogP contribution in [0.5, 0.6) is 5.75 Å². The number of benzene rings is 2. The summed E-state index contributed by atoms with van der Waals surface area (Å²) in [6.45, 7) is 4.23. The highest BCUT2D eigenvalue weighted by molar-refractivity contribution is 6.51. The van der Waals surface area contributed by atoms with Crippen molar-refractivity contribution in [3.05, 3.63) is 81.0 Å². The van der Waals surface area contributed by atoms with E-state index in [2.05, 4.69) is 5.16 Å². The number of aromatic nitrogens is 1. The van der Waals surface area contributed by atoms with Crippen LogP contribution >= 0.6 is 23.2 Å². The molecule has 0 aliphatic carbocycles. The van der Waals surface area contributed by atoms with Crippen LogP contribution in [0.15, 0.2) is 58.6 Å². The van der Waals surface area contributed by atoms with Crippen molar-refractivity contribution in [2.75, 3.05) is 11.5 Å². The molecule has 0 saturated carbocycles. The van der Waals surface area contributed by atoms with Crippen molar-refractivity contribution in [3.63, 3.8) is 0 Å². The number of anilines is 1. The highest BCUT2D eigenvalue weighted by atomic mass is 35.5. The Labute approximate surface area is 200 Å². The van der Waals surface area contributed by atoms with Gasteiger partial charge in [0.2, 0.25) is 0 Å². The average molecular weight is 487 g/mol. The third-order valence-electron chi connectivity index (χ3n) is 5.17. The van der Waals surface area contributed by atoms with Gasteiger partial charge in [-0.05, 0) is 55.3 Å². The number of carbonyl (C=O) groups excluding carboxylic acids is 2. The van der Waals surface area contributed by atoms with Crippen LogP contribution in [0, 0.1) is 6.92 Å². The van der Waals surface area contributed by atoms with Gasteiger partial charge in [-0.15, -0.1) is 0 Å². The first-order valence-electron chi connectivity index (χ1n) is 10.2. The molecule has 1 aliphatic heterocycles. The fourth-order valence-corrected chi connectivity index (χ4v) is 3.92. The van der Waals surface area contributed by atoms with Gasteiger partial charge in [-0.25, -0.2) is 0 Å². The number of hydrogen-bond donors (Lipinski definition) is 1. The summed E-state index contributed by atoms with van der Waals surface area (Å²) >= 11 is 12.3. The van der Waals surface area contributed by atoms with Crippen molar-refractivity contribution in [1.29, 1.82) is 0 Å². The Balaban J connectivity index is 1.86. The molecule has 1 aromatic heterocycles. The predicted molar refractivity (Wildman–Crippen MR) is 125 cm³/mol. The van der Waals surface area contributed by atoms with Crippen LogP contribution in [0.2, 0.25) is 10.0 Å². The summed E-state index contributed by atoms with van der Waals surface area (Å²) in [6.07, 6.45) is 0.857. The maximum absolute atomic E-state index is 13.1. The van der Waals surface area contributed by atoms with E-state index in [1.54, 1.807) is 49.4 Å². The summed E-state index contributed by atoms with van der Waals surface area (Å²) in [6, 6.07) is 11.9. The zero-order valence-electron chi connectivity index (χ0n) is 17.8. The molecule has 1 aliphatic rings. The van der Waals surface area contributed by atoms with Gasteiger partial charge in [-0.2, -0.15) is 0 Å². The van der Waals surface area contributed by atoms with Gasteiger partial charge < -0.3 is 14.4 Å². The minimum absolute atomic E-state index is 0.0960. The van der Waals surface area contributed by atoms with E-state index >= 15 is 0 Å². The summed E-state index contributed by atoms with van der Waals surface area (Å²) < 4.78 is 10.7. The molecule has 2 heterocycles. The number of carbonyl (C=O) groups is 2. The number of aryl methyl sites for hydroxylation is 1. The van der Waals surface area contributed by atoms with Crippen LogP contribution in [0.1, 0.15) is 36.3 Å². The molecule has 3 aromatic rings. The van der Waals surface area contributed by atoms with Gasteiger partial charge in [-0.3, -0.25) is 14.5 Å². The summed E-state index contributed by atoms with van der Waals surface area (Å²) in [5, 5.41) is 15.6. The summed E-state index contributed by atoms with van der Waals surface area (Å²) in [5.74, 6) is -0.781. The van der Waals surface area contributed by atoms with Gasteiger partial charge in [0.1, 0.15) is 17.3 Å². The quantitative estimate of drug-likeness (QED) is 0.272. The largest absolute Gasteiger partial charge is 0.507 e. The number of halogens is 2. The van der Waals surface area contributed by atoms with E-state index in [9.17, 15) is 14.7 Å². The van der Waals surface area contributed by atoms with E-state index in [0.29, 0.717) is 34.3 Å². The van der Waals surface area contributed by atoms with Gasteiger partial charge in [-0.1, -0.05) is 41.3 Å². The molecule has 1 saturated heterocycles. The number of ether oxygens (including phenoxy) is 1. The highest BCUT2D eigenvalue weighted by Crippen LogP contribution is 2.43. The van der Waals surface area contributed by atoms with E-state index in [1.807, 2.05) is 6.92 Å². The number of hydrogen-bond acceptors (Lipinski definition) is 6. The number of amides is 1. The Bertz CT molecular complexity index is 1250. The van der Waals surface area contributed by atoms with Crippen LogP contribution in [-0.2, 0) is 9.59 Å². The Morgan fingerprint density at radius 2 is 1.85 bits per heavy atom. The molecular formula is C24H20Cl2N2O5. The zero-order chi connectivity index (χ0) is 23.7. The molecule has 1 fully saturated rings. The molecule has 1 atom stereocenters. The van der Waals surface area contributed by atoms with Gasteiger partial charge in [0.25, 0.3) is 5.78 Å². The SMILES string of the molecule is CCCOc1ccc(/C(O)=C2\C(=O)C(=O)N(c3cc(C)on3)C2c2ccc(Cl)c(Cl)c2)cc1. The minimum atomic E-state index is -0.986. The lowest BCUT2D eigenvalue weighted by Crippen LogP contribution is -2.29. The Kier molecular flexibility index (Phi) is 6.44. The molecule has 170 valence electrons. The third-order valence-corrected chi connectivity index (χ3v) is 5.91. The Morgan fingerprint density at radius 3 is 2.45 bits per heavy atom. The van der Waals surface area contributed by atoms with Crippen molar-refractivity contribution in [2.45, 2.75) is 26.3 Å². The molecule has 4 rings (SSSR count). The van der Waals surface area contributed by atoms with E-state index in [0.717, 1.165) is 6.42 Å². The molecule has 7 nitrogen and oxygen atoms in total. The van der Waals surface area contributed by atoms with Crippen LogP contribution in [-0.4, -0.2) is 28.6 Å². The van der Waals surface area contributed by atoms with Gasteiger partial charge in [0.05, 0.1) is 28.3 Å². The predicted octanol–water partition coefficient (Wildman–Crippen LogP) is 5.70. The van der Waals surface area contributed by atoms with E-state index in [1.165, 1.54) is 11.0 Å². The second-order valence-corrected chi connectivity index (χ2v) is 8.33. The minimum Gasteiger partial charge on any atom is -0.507 e. The lowest BCUT2D eigenvalue weighted by molar-refractivity contribution is -0.132. The summed E-state index contributed by atoms with van der Waals surface area (Å²) in [4.78, 5) is 27.3. The van der Waals surface area contributed by atoms with Crippen molar-refractivity contribution < 1.29 is 24.0 Å². The van der Waals surface area contributed by atoms with Crippen molar-refractivity contribution in [3.8, 4) is 5.75 Å². The molecule has 1 N–H and O–H groups in total. The maximum atomic E-state index is 13.1. The van der Waals surface area contributed by atoms with Gasteiger partial charge in [0.15, 0.2) is 5.82 Å². The summed E-state index contributed by atoms with van der Waals surface area (Å²) in [5.41, 5.74) is 0.744. The molecular weight excluding hydrogens is 467 g/mol. The lowest BCUT2D eigenvalue weighted by Gasteiger charge is -2.23. The van der Waals surface area contributed by atoms with Crippen LogP contribution in [0.4, 0.5) is 5.82 Å². The smallest absolute Gasteiger partial charge is 0.301 e. The topological polar surface area (TPSA) is 92.9 Å². The molecule has 0 radical (unpaired) electrons. The lowest BCUT2D eigenvalue weighted by atomic mass is 9.95. The van der Waals surface area contributed by atoms with Gasteiger partial charge in [0, 0.05) is 11.6 Å². The van der Waals surface area contributed by atoms with Crippen LogP contribution < -0.4 is 9.64 Å². The average Bonchev–Trinajstić information content (AvgIpc) is 3.34. The molecule has 1 amide bonds. The molecule has 0 bridgehead atoms. The van der Waals surface area contributed by atoms with Crippen LogP contribution in [0.3, 0.4) is 0 Å². The Morgan fingerprint density at radius 1 is 1.12 bits per heavy atom. The van der Waals surface area contributed by atoms with E-state index in [-0.39, 0.29) is 22.2 Å². The van der Waals surface area contributed by atoms with E-state index < -0.39 is 17.7 Å². The molecule has 2 aromatic carbocycles. The summed E-state index contributed by atoms with van der Waals surface area (Å²) in [7, 11) is 0. The fourth-order valence-electron chi connectivity index (χ4n) is 3.62. The fraction of sp³-hybridized carbons (Fsp3) is 0.208.